The highest BCUT2D eigenvalue weighted by Crippen LogP contribution is 2.33. The molecule has 3 aromatic heterocycles. The molecule has 0 spiro atoms. The Morgan fingerprint density at radius 1 is 1.19 bits per heavy atom. The van der Waals surface area contributed by atoms with E-state index in [1.807, 2.05) is 17.6 Å². The molecular weight excluding hydrogens is 368 g/mol. The first-order valence-corrected chi connectivity index (χ1v) is 9.94. The maximum Gasteiger partial charge on any atom is 0.223 e. The number of fused-ring (bicyclic) bond motifs is 1. The summed E-state index contributed by atoms with van der Waals surface area (Å²) >= 11 is 7.91. The second-order valence-corrected chi connectivity index (χ2v) is 7.92. The summed E-state index contributed by atoms with van der Waals surface area (Å²) in [6.07, 6.45) is 8.77. The van der Waals surface area contributed by atoms with Gasteiger partial charge in [0.05, 0.1) is 10.7 Å². The molecule has 1 saturated carbocycles. The smallest absolute Gasteiger partial charge is 0.223 e. The van der Waals surface area contributed by atoms with Gasteiger partial charge >= 0.3 is 0 Å². The summed E-state index contributed by atoms with van der Waals surface area (Å²) in [6.45, 7) is 1.63. The third-order valence-corrected chi connectivity index (χ3v) is 5.78. The molecule has 8 heteroatoms. The van der Waals surface area contributed by atoms with Gasteiger partial charge in [-0.1, -0.05) is 11.6 Å². The number of nitrogens with zero attached hydrogens (tertiary/aromatic N) is 5. The van der Waals surface area contributed by atoms with Crippen molar-refractivity contribution in [1.29, 1.82) is 0 Å². The maximum absolute atomic E-state index is 6.33. The lowest BCUT2D eigenvalue weighted by molar-refractivity contribution is 0.697. The summed E-state index contributed by atoms with van der Waals surface area (Å²) in [6, 6.07) is 2.59. The highest BCUT2D eigenvalue weighted by Gasteiger charge is 2.24. The number of pyridine rings is 1. The highest BCUT2D eigenvalue weighted by atomic mass is 35.5. The molecule has 0 radical (unpaired) electrons. The van der Waals surface area contributed by atoms with Crippen LogP contribution in [0.5, 0.6) is 0 Å². The van der Waals surface area contributed by atoms with Crippen LogP contribution in [0.15, 0.2) is 30.0 Å². The van der Waals surface area contributed by atoms with Crippen molar-refractivity contribution < 1.29 is 0 Å². The molecule has 26 heavy (non-hydrogen) atoms. The van der Waals surface area contributed by atoms with Crippen molar-refractivity contribution in [3.8, 4) is 10.6 Å². The number of rotatable bonds is 4. The van der Waals surface area contributed by atoms with Crippen LogP contribution in [0.2, 0.25) is 5.02 Å². The molecule has 3 aromatic rings. The number of nitrogens with one attached hydrogen (secondary N) is 1. The predicted octanol–water partition coefficient (Wildman–Crippen LogP) is 3.79. The topological polar surface area (TPSA) is 66.8 Å². The summed E-state index contributed by atoms with van der Waals surface area (Å²) in [4.78, 5) is 20.3. The van der Waals surface area contributed by atoms with Crippen LogP contribution in [0.25, 0.3) is 10.6 Å². The zero-order chi connectivity index (χ0) is 17.5. The normalized spacial score (nSPS) is 16.4. The van der Waals surface area contributed by atoms with Crippen LogP contribution in [0.1, 0.15) is 24.1 Å². The van der Waals surface area contributed by atoms with Gasteiger partial charge in [0.25, 0.3) is 0 Å². The fraction of sp³-hybridized carbons (Fsp3) is 0.333. The van der Waals surface area contributed by atoms with Gasteiger partial charge in [0.1, 0.15) is 10.8 Å². The molecule has 0 atom stereocenters. The second kappa shape index (κ2) is 6.48. The minimum absolute atomic E-state index is 0.565. The Morgan fingerprint density at radius 3 is 2.92 bits per heavy atom. The molecule has 4 heterocycles. The average molecular weight is 385 g/mol. The first-order chi connectivity index (χ1) is 12.8. The Morgan fingerprint density at radius 2 is 2.12 bits per heavy atom. The van der Waals surface area contributed by atoms with Crippen molar-refractivity contribution in [2.24, 2.45) is 0 Å². The van der Waals surface area contributed by atoms with Gasteiger partial charge in [-0.2, -0.15) is 0 Å². The van der Waals surface area contributed by atoms with Crippen molar-refractivity contribution in [2.75, 3.05) is 16.8 Å². The Bertz CT molecular complexity index is 941. The van der Waals surface area contributed by atoms with Gasteiger partial charge in [-0.25, -0.2) is 19.9 Å². The van der Waals surface area contributed by atoms with Crippen LogP contribution in [-0.2, 0) is 13.0 Å². The summed E-state index contributed by atoms with van der Waals surface area (Å²) in [5, 5.41) is 6.86. The molecule has 1 fully saturated rings. The van der Waals surface area contributed by atoms with Gasteiger partial charge in [-0.15, -0.1) is 11.3 Å². The molecule has 132 valence electrons. The van der Waals surface area contributed by atoms with Crippen LogP contribution < -0.4 is 10.2 Å². The fourth-order valence-electron chi connectivity index (χ4n) is 3.11. The molecule has 6 nitrogen and oxygen atoms in total. The Balaban J connectivity index is 1.39. The van der Waals surface area contributed by atoms with Gasteiger partial charge < -0.3 is 10.2 Å². The third kappa shape index (κ3) is 3.12. The van der Waals surface area contributed by atoms with Gasteiger partial charge in [0.2, 0.25) is 5.95 Å². The zero-order valence-electron chi connectivity index (χ0n) is 14.0. The summed E-state index contributed by atoms with van der Waals surface area (Å²) in [5.74, 6) is 1.67. The number of anilines is 2. The number of halogens is 1. The van der Waals surface area contributed by atoms with Gasteiger partial charge in [0.15, 0.2) is 0 Å². The highest BCUT2D eigenvalue weighted by molar-refractivity contribution is 7.13. The quantitative estimate of drug-likeness (QED) is 0.738. The lowest BCUT2D eigenvalue weighted by atomic mass is 10.1. The summed E-state index contributed by atoms with van der Waals surface area (Å²) in [7, 11) is 0. The van der Waals surface area contributed by atoms with E-state index < -0.39 is 0 Å². The lowest BCUT2D eigenvalue weighted by Crippen LogP contribution is -2.32. The van der Waals surface area contributed by atoms with Gasteiger partial charge in [-0.3, -0.25) is 0 Å². The van der Waals surface area contributed by atoms with Crippen molar-refractivity contribution in [2.45, 2.75) is 31.8 Å². The molecule has 1 aliphatic heterocycles. The van der Waals surface area contributed by atoms with Crippen LogP contribution >= 0.6 is 22.9 Å². The summed E-state index contributed by atoms with van der Waals surface area (Å²) < 4.78 is 0. The van der Waals surface area contributed by atoms with E-state index in [1.165, 1.54) is 12.8 Å². The molecular formula is C18H17ClN6S. The third-order valence-electron chi connectivity index (χ3n) is 4.67. The minimum Gasteiger partial charge on any atom is -0.352 e. The Hall–Kier alpha value is -2.25. The first-order valence-electron chi connectivity index (χ1n) is 8.68. The van der Waals surface area contributed by atoms with Gasteiger partial charge in [0, 0.05) is 60.6 Å². The molecule has 0 unspecified atom stereocenters. The van der Waals surface area contributed by atoms with Crippen LogP contribution in [0, 0.1) is 0 Å². The molecule has 1 N–H and O–H groups in total. The molecule has 1 aliphatic carbocycles. The SMILES string of the molecule is Clc1cnc(N2CCc3nc(NC4CC4)ncc3C2)cc1-c1nccs1. The molecule has 0 amide bonds. The average Bonchev–Trinajstić information content (AvgIpc) is 3.31. The number of hydrogen-bond donors (Lipinski definition) is 1. The Kier molecular flexibility index (Phi) is 3.98. The van der Waals surface area contributed by atoms with E-state index >= 15 is 0 Å². The van der Waals surface area contributed by atoms with Crippen LogP contribution in [0.4, 0.5) is 11.8 Å². The van der Waals surface area contributed by atoms with Crippen LogP contribution in [0.3, 0.4) is 0 Å². The summed E-state index contributed by atoms with van der Waals surface area (Å²) in [5.41, 5.74) is 3.22. The molecule has 2 aliphatic rings. The van der Waals surface area contributed by atoms with E-state index in [0.717, 1.165) is 53.1 Å². The number of thiazole rings is 1. The minimum atomic E-state index is 0.565. The monoisotopic (exact) mass is 384 g/mol. The predicted molar refractivity (Wildman–Crippen MR) is 104 cm³/mol. The molecule has 5 rings (SSSR count). The van der Waals surface area contributed by atoms with Gasteiger partial charge in [-0.05, 0) is 18.9 Å². The van der Waals surface area contributed by atoms with Crippen molar-refractivity contribution in [3.63, 3.8) is 0 Å². The lowest BCUT2D eigenvalue weighted by Gasteiger charge is -2.29. The number of hydrogen-bond acceptors (Lipinski definition) is 7. The van der Waals surface area contributed by atoms with Crippen molar-refractivity contribution in [1.82, 2.24) is 19.9 Å². The van der Waals surface area contributed by atoms with E-state index in [1.54, 1.807) is 23.7 Å². The van der Waals surface area contributed by atoms with Crippen LogP contribution in [-0.4, -0.2) is 32.5 Å². The van der Waals surface area contributed by atoms with E-state index in [0.29, 0.717) is 11.1 Å². The van der Waals surface area contributed by atoms with E-state index in [9.17, 15) is 0 Å². The molecule has 0 saturated heterocycles. The zero-order valence-corrected chi connectivity index (χ0v) is 15.6. The largest absolute Gasteiger partial charge is 0.352 e. The standard InChI is InChI=1S/C18H17ClN6S/c19-14-9-21-16(7-13(14)17-20-4-6-26-17)25-5-3-15-11(10-25)8-22-18(24-15)23-12-1-2-12/h4,6-9,12H,1-3,5,10H2,(H,22,23,24). The van der Waals surface area contributed by atoms with Crippen molar-refractivity contribution in [3.05, 3.63) is 46.3 Å². The molecule has 0 bridgehead atoms. The second-order valence-electron chi connectivity index (χ2n) is 6.62. The van der Waals surface area contributed by atoms with Crippen molar-refractivity contribution >= 4 is 34.7 Å². The fourth-order valence-corrected chi connectivity index (χ4v) is 4.03. The first kappa shape index (κ1) is 16.0. The Labute approximate surface area is 160 Å². The van der Waals surface area contributed by atoms with E-state index in [-0.39, 0.29) is 0 Å². The van der Waals surface area contributed by atoms with E-state index in [4.69, 9.17) is 16.6 Å². The number of aromatic nitrogens is 4. The van der Waals surface area contributed by atoms with E-state index in [2.05, 4.69) is 25.2 Å². The molecule has 0 aromatic carbocycles. The maximum atomic E-state index is 6.33.